The van der Waals surface area contributed by atoms with Crippen molar-refractivity contribution >= 4 is 0 Å². The molecule has 0 N–H and O–H groups in total. The van der Waals surface area contributed by atoms with Crippen molar-refractivity contribution in [2.75, 3.05) is 0 Å². The zero-order valence-corrected chi connectivity index (χ0v) is 55.2. The van der Waals surface area contributed by atoms with E-state index in [1.54, 1.807) is 0 Å². The molecule has 0 heteroatoms. The van der Waals surface area contributed by atoms with Crippen LogP contribution in [0.2, 0.25) is 0 Å². The molecule has 0 heterocycles. The Bertz CT molecular complexity index is 2990. The van der Waals surface area contributed by atoms with Crippen molar-refractivity contribution in [3.05, 3.63) is 315 Å². The molecule has 0 saturated heterocycles. The van der Waals surface area contributed by atoms with Crippen LogP contribution in [0.15, 0.2) is 170 Å². The van der Waals surface area contributed by atoms with E-state index in [0.717, 1.165) is 0 Å². The summed E-state index contributed by atoms with van der Waals surface area (Å²) in [6, 6.07) is 60.2. The summed E-state index contributed by atoms with van der Waals surface area (Å²) in [5.41, 5.74) is 35.7. The van der Waals surface area contributed by atoms with Gasteiger partial charge in [-0.2, -0.15) is 0 Å². The van der Waals surface area contributed by atoms with Crippen LogP contribution in [0.5, 0.6) is 0 Å². The molecule has 0 aromatic heterocycles. The lowest BCUT2D eigenvalue weighted by molar-refractivity contribution is 1.23. The molecule has 0 saturated carbocycles. The zero-order valence-electron chi connectivity index (χ0n) is 55.2. The molecule has 80 heavy (non-hydrogen) atoms. The standard InChI is InChI=1S/2C10H14.4C9H12.3C8H10/c1-7-5-9(3)10(4)6-8(7)2;1-7-5-8(2)10(4)9(3)6-7;1-7-4-8(2)6-9(3)5-7;2*1-7-4-5-8(2)9(3)6-7;1-7-5-4-6-8(2)9(7)3;1-7-3-5-8(2)6-4-7;1-7-4-3-5-8(2)6-7;1-7-5-3-4-6-8(7)2/h2*5-6H,1-4H3;4*4-6H,1-3H3;3*3-6H,1-2H3. The summed E-state index contributed by atoms with van der Waals surface area (Å²) in [7, 11) is 0. The molecule has 0 atom stereocenters. The van der Waals surface area contributed by atoms with Gasteiger partial charge in [0.15, 0.2) is 0 Å². The first kappa shape index (κ1) is 71.0. The highest BCUT2D eigenvalue weighted by atomic mass is 14.0. The Hall–Kier alpha value is -7.02. The SMILES string of the molecule is Cc1cc(C)c(C)c(C)c1.Cc1cc(C)c(C)cc1C.Cc1cc(C)cc(C)c1.Cc1ccc(C)c(C)c1.Cc1ccc(C)c(C)c1.Cc1ccc(C)cc1.Cc1cccc(C)c1.Cc1cccc(C)c1C.Cc1ccccc1C. The Labute approximate surface area is 491 Å². The second-order valence-corrected chi connectivity index (χ2v) is 22.8. The lowest BCUT2D eigenvalue weighted by Crippen LogP contribution is -1.86. The smallest absolute Gasteiger partial charge is 0.0392 e. The summed E-state index contributed by atoms with van der Waals surface area (Å²) in [6.07, 6.45) is 0. The van der Waals surface area contributed by atoms with Gasteiger partial charge in [-0.25, -0.2) is 0 Å². The highest BCUT2D eigenvalue weighted by Crippen LogP contribution is 2.16. The summed E-state index contributed by atoms with van der Waals surface area (Å²) in [6.45, 7) is 55.5. The van der Waals surface area contributed by atoms with Crippen LogP contribution in [0.3, 0.4) is 0 Å². The number of benzene rings is 9. The first-order valence-electron chi connectivity index (χ1n) is 28.7. The lowest BCUT2D eigenvalue weighted by Gasteiger charge is -2.04. The third-order valence-electron chi connectivity index (χ3n) is 14.6. The summed E-state index contributed by atoms with van der Waals surface area (Å²) in [4.78, 5) is 0. The topological polar surface area (TPSA) is 0 Å². The number of hydrogen-bond donors (Lipinski definition) is 0. The van der Waals surface area contributed by atoms with E-state index in [1.165, 1.54) is 145 Å². The second-order valence-electron chi connectivity index (χ2n) is 22.8. The van der Waals surface area contributed by atoms with Crippen molar-refractivity contribution in [1.29, 1.82) is 0 Å². The van der Waals surface area contributed by atoms with Crippen molar-refractivity contribution in [3.63, 3.8) is 0 Å². The van der Waals surface area contributed by atoms with E-state index >= 15 is 0 Å². The molecule has 0 aliphatic carbocycles. The van der Waals surface area contributed by atoms with Gasteiger partial charge in [0.05, 0.1) is 0 Å². The van der Waals surface area contributed by atoms with Crippen LogP contribution in [-0.4, -0.2) is 0 Å². The Kier molecular flexibility index (Phi) is 32.8. The van der Waals surface area contributed by atoms with Gasteiger partial charge in [-0.3, -0.25) is 0 Å². The van der Waals surface area contributed by atoms with Gasteiger partial charge in [-0.15, -0.1) is 0 Å². The van der Waals surface area contributed by atoms with Gasteiger partial charge in [-0.1, -0.05) is 225 Å². The minimum atomic E-state index is 1.33. The molecule has 9 aromatic carbocycles. The first-order valence-corrected chi connectivity index (χ1v) is 28.7. The molecule has 0 aliphatic heterocycles. The average Bonchev–Trinajstić information content (AvgIpc) is 3.37. The molecule has 0 bridgehead atoms. The fraction of sp³-hybridized carbons (Fsp3) is 0.325. The molecule has 9 aromatic rings. The average molecular weight is 1070 g/mol. The maximum Gasteiger partial charge on any atom is -0.0392 e. The van der Waals surface area contributed by atoms with Crippen molar-refractivity contribution in [2.45, 2.75) is 180 Å². The van der Waals surface area contributed by atoms with Crippen LogP contribution in [0.25, 0.3) is 0 Å². The molecule has 0 spiro atoms. The fourth-order valence-corrected chi connectivity index (χ4v) is 8.35. The largest absolute Gasteiger partial charge is 0.0620 e. The van der Waals surface area contributed by atoms with E-state index in [0.29, 0.717) is 0 Å². The van der Waals surface area contributed by atoms with Crippen LogP contribution in [0.1, 0.15) is 145 Å². The molecule has 0 aliphatic rings. The minimum absolute atomic E-state index is 1.33. The quantitative estimate of drug-likeness (QED) is 0.142. The molecule has 0 fully saturated rings. The van der Waals surface area contributed by atoms with E-state index < -0.39 is 0 Å². The van der Waals surface area contributed by atoms with E-state index in [4.69, 9.17) is 0 Å². The van der Waals surface area contributed by atoms with Crippen LogP contribution < -0.4 is 0 Å². The fourth-order valence-electron chi connectivity index (χ4n) is 8.35. The predicted molar refractivity (Wildman–Crippen MR) is 361 cm³/mol. The first-order chi connectivity index (χ1) is 37.4. The van der Waals surface area contributed by atoms with Crippen molar-refractivity contribution in [1.82, 2.24) is 0 Å². The number of hydrogen-bond acceptors (Lipinski definition) is 0. The summed E-state index contributed by atoms with van der Waals surface area (Å²) in [5, 5.41) is 0. The maximum atomic E-state index is 2.24. The van der Waals surface area contributed by atoms with E-state index in [-0.39, 0.29) is 0 Å². The summed E-state index contributed by atoms with van der Waals surface area (Å²) in [5.74, 6) is 0. The molecular formula is C80H106. The van der Waals surface area contributed by atoms with Crippen LogP contribution in [0.4, 0.5) is 0 Å². The Morgan fingerprint density at radius 3 is 0.600 bits per heavy atom. The van der Waals surface area contributed by atoms with Gasteiger partial charge in [-0.05, 0) is 269 Å². The van der Waals surface area contributed by atoms with Gasteiger partial charge in [0.2, 0.25) is 0 Å². The molecule has 0 amide bonds. The van der Waals surface area contributed by atoms with E-state index in [9.17, 15) is 0 Å². The summed E-state index contributed by atoms with van der Waals surface area (Å²) >= 11 is 0. The van der Waals surface area contributed by atoms with Gasteiger partial charge >= 0.3 is 0 Å². The van der Waals surface area contributed by atoms with E-state index in [1.807, 2.05) is 0 Å². The predicted octanol–water partition coefficient (Wildman–Crippen LogP) is 23.2. The zero-order chi connectivity index (χ0) is 60.8. The molecule has 0 unspecified atom stereocenters. The van der Waals surface area contributed by atoms with E-state index in [2.05, 4.69) is 350 Å². The monoisotopic (exact) mass is 1070 g/mol. The van der Waals surface area contributed by atoms with Crippen molar-refractivity contribution in [3.8, 4) is 0 Å². The molecule has 9 rings (SSSR count). The van der Waals surface area contributed by atoms with Crippen LogP contribution >= 0.6 is 0 Å². The minimum Gasteiger partial charge on any atom is -0.0620 e. The lowest BCUT2D eigenvalue weighted by atomic mass is 10.0. The van der Waals surface area contributed by atoms with Crippen molar-refractivity contribution < 1.29 is 0 Å². The third kappa shape index (κ3) is 29.8. The summed E-state index contributed by atoms with van der Waals surface area (Å²) < 4.78 is 0. The Morgan fingerprint density at radius 1 is 0.125 bits per heavy atom. The highest BCUT2D eigenvalue weighted by molar-refractivity contribution is 5.37. The normalized spacial score (nSPS) is 9.62. The number of aryl methyl sites for hydroxylation is 24. The molecular weight excluding hydrogens is 961 g/mol. The highest BCUT2D eigenvalue weighted by Gasteiger charge is 1.98. The van der Waals surface area contributed by atoms with Crippen LogP contribution in [0, 0.1) is 180 Å². The van der Waals surface area contributed by atoms with Crippen LogP contribution in [-0.2, 0) is 0 Å². The van der Waals surface area contributed by atoms with Gasteiger partial charge in [0.25, 0.3) is 0 Å². The number of rotatable bonds is 0. The van der Waals surface area contributed by atoms with Gasteiger partial charge in [0, 0.05) is 0 Å². The maximum absolute atomic E-state index is 2.24. The third-order valence-corrected chi connectivity index (χ3v) is 14.6. The second kappa shape index (κ2) is 37.0. The molecule has 0 radical (unpaired) electrons. The molecule has 426 valence electrons. The Morgan fingerprint density at radius 2 is 0.338 bits per heavy atom. The van der Waals surface area contributed by atoms with Crippen molar-refractivity contribution in [2.24, 2.45) is 0 Å². The van der Waals surface area contributed by atoms with Gasteiger partial charge in [0.1, 0.15) is 0 Å². The molecule has 0 nitrogen and oxygen atoms in total. The Balaban J connectivity index is 0.000000450. The van der Waals surface area contributed by atoms with Gasteiger partial charge < -0.3 is 0 Å².